The minimum Gasteiger partial charge on any atom is -0.371 e. The summed E-state index contributed by atoms with van der Waals surface area (Å²) in [5.74, 6) is 0. The highest BCUT2D eigenvalue weighted by Crippen LogP contribution is 2.29. The maximum Gasteiger partial charge on any atom is 0.411 e. The Kier molecular flexibility index (Phi) is 8.24. The SMILES string of the molecule is CCC(CC)(CNCCOCC(F)(F)F)SC. The Bertz CT molecular complexity index is 187. The monoisotopic (exact) mass is 273 g/mol. The number of halogens is 3. The van der Waals surface area contributed by atoms with Crippen LogP contribution >= 0.6 is 11.8 Å². The van der Waals surface area contributed by atoms with E-state index in [0.717, 1.165) is 19.4 Å². The molecule has 2 nitrogen and oxygen atoms in total. The van der Waals surface area contributed by atoms with E-state index in [-0.39, 0.29) is 11.4 Å². The van der Waals surface area contributed by atoms with Gasteiger partial charge < -0.3 is 10.1 Å². The summed E-state index contributed by atoms with van der Waals surface area (Å²) in [6, 6.07) is 0. The van der Waals surface area contributed by atoms with Crippen LogP contribution in [0, 0.1) is 0 Å². The lowest BCUT2D eigenvalue weighted by molar-refractivity contribution is -0.173. The van der Waals surface area contributed by atoms with Crippen LogP contribution in [-0.2, 0) is 4.74 Å². The molecule has 0 aliphatic carbocycles. The second-order valence-electron chi connectivity index (χ2n) is 3.94. The van der Waals surface area contributed by atoms with Crippen molar-refractivity contribution in [2.45, 2.75) is 37.6 Å². The molecule has 0 aromatic carbocycles. The fourth-order valence-electron chi connectivity index (χ4n) is 1.51. The highest BCUT2D eigenvalue weighted by molar-refractivity contribution is 8.00. The molecular formula is C11H22F3NOS. The third kappa shape index (κ3) is 7.89. The van der Waals surface area contributed by atoms with Crippen LogP contribution in [0.15, 0.2) is 0 Å². The van der Waals surface area contributed by atoms with Gasteiger partial charge in [0.2, 0.25) is 0 Å². The lowest BCUT2D eigenvalue weighted by Gasteiger charge is -2.30. The Hall–Kier alpha value is 0.0600. The van der Waals surface area contributed by atoms with Crippen molar-refractivity contribution in [3.8, 4) is 0 Å². The van der Waals surface area contributed by atoms with Crippen LogP contribution in [0.3, 0.4) is 0 Å². The van der Waals surface area contributed by atoms with Gasteiger partial charge in [0.05, 0.1) is 6.61 Å². The predicted octanol–water partition coefficient (Wildman–Crippen LogP) is 3.08. The molecule has 1 N–H and O–H groups in total. The predicted molar refractivity (Wildman–Crippen MR) is 66.6 cm³/mol. The standard InChI is InChI=1S/C11H22F3NOS/c1-4-10(5-2,17-3)8-15-6-7-16-9-11(12,13)14/h15H,4-9H2,1-3H3. The van der Waals surface area contributed by atoms with E-state index in [2.05, 4.69) is 30.2 Å². The van der Waals surface area contributed by atoms with Gasteiger partial charge in [0.25, 0.3) is 0 Å². The van der Waals surface area contributed by atoms with E-state index in [1.807, 2.05) is 0 Å². The molecule has 0 saturated heterocycles. The van der Waals surface area contributed by atoms with Gasteiger partial charge in [0.1, 0.15) is 6.61 Å². The molecule has 0 aliphatic rings. The minimum atomic E-state index is -4.23. The Morgan fingerprint density at radius 2 is 1.76 bits per heavy atom. The fourth-order valence-corrected chi connectivity index (χ4v) is 2.33. The van der Waals surface area contributed by atoms with Gasteiger partial charge in [0, 0.05) is 17.8 Å². The first-order valence-electron chi connectivity index (χ1n) is 5.79. The molecule has 0 saturated carbocycles. The van der Waals surface area contributed by atoms with Crippen LogP contribution in [0.5, 0.6) is 0 Å². The lowest BCUT2D eigenvalue weighted by atomic mass is 10.0. The molecule has 6 heteroatoms. The van der Waals surface area contributed by atoms with Crippen LogP contribution in [0.1, 0.15) is 26.7 Å². The maximum atomic E-state index is 11.8. The first kappa shape index (κ1) is 17.1. The van der Waals surface area contributed by atoms with Crippen LogP contribution in [0.4, 0.5) is 13.2 Å². The molecule has 17 heavy (non-hydrogen) atoms. The van der Waals surface area contributed by atoms with Crippen LogP contribution in [0.25, 0.3) is 0 Å². The molecule has 0 radical (unpaired) electrons. The zero-order valence-electron chi connectivity index (χ0n) is 10.7. The van der Waals surface area contributed by atoms with E-state index in [0.29, 0.717) is 6.54 Å². The second-order valence-corrected chi connectivity index (χ2v) is 5.21. The van der Waals surface area contributed by atoms with Gasteiger partial charge in [-0.2, -0.15) is 24.9 Å². The second kappa shape index (κ2) is 8.21. The molecule has 0 amide bonds. The summed E-state index contributed by atoms with van der Waals surface area (Å²) < 4.78 is 40.0. The van der Waals surface area contributed by atoms with E-state index in [1.54, 1.807) is 11.8 Å². The number of thioether (sulfide) groups is 1. The fraction of sp³-hybridized carbons (Fsp3) is 1.00. The molecule has 0 rings (SSSR count). The van der Waals surface area contributed by atoms with Crippen LogP contribution in [0.2, 0.25) is 0 Å². The normalized spacial score (nSPS) is 13.1. The van der Waals surface area contributed by atoms with E-state index in [1.165, 1.54) is 0 Å². The zero-order chi connectivity index (χ0) is 13.4. The van der Waals surface area contributed by atoms with Crippen molar-refractivity contribution in [3.63, 3.8) is 0 Å². The molecule has 0 fully saturated rings. The van der Waals surface area contributed by atoms with Crippen LogP contribution < -0.4 is 5.32 Å². The average molecular weight is 273 g/mol. The van der Waals surface area contributed by atoms with Crippen molar-refractivity contribution in [2.75, 3.05) is 32.6 Å². The summed E-state index contributed by atoms with van der Waals surface area (Å²) in [4.78, 5) is 0. The first-order chi connectivity index (χ1) is 7.89. The van der Waals surface area contributed by atoms with E-state index < -0.39 is 12.8 Å². The quantitative estimate of drug-likeness (QED) is 0.652. The molecule has 0 bridgehead atoms. The molecular weight excluding hydrogens is 251 g/mol. The molecule has 0 aromatic heterocycles. The van der Waals surface area contributed by atoms with Crippen molar-refractivity contribution >= 4 is 11.8 Å². The molecule has 0 unspecified atom stereocenters. The number of hydrogen-bond acceptors (Lipinski definition) is 3. The Labute approximate surface area is 106 Å². The Morgan fingerprint density at radius 3 is 2.18 bits per heavy atom. The van der Waals surface area contributed by atoms with Crippen molar-refractivity contribution in [1.29, 1.82) is 0 Å². The summed E-state index contributed by atoms with van der Waals surface area (Å²) in [6.45, 7) is 4.44. The van der Waals surface area contributed by atoms with Crippen molar-refractivity contribution in [3.05, 3.63) is 0 Å². The number of nitrogens with one attached hydrogen (secondary N) is 1. The van der Waals surface area contributed by atoms with Gasteiger partial charge in [-0.1, -0.05) is 13.8 Å². The summed E-state index contributed by atoms with van der Waals surface area (Å²) >= 11 is 1.80. The molecule has 0 atom stereocenters. The molecule has 0 spiro atoms. The summed E-state index contributed by atoms with van der Waals surface area (Å²) in [5, 5.41) is 3.15. The summed E-state index contributed by atoms with van der Waals surface area (Å²) in [6.07, 6.45) is -0.0765. The lowest BCUT2D eigenvalue weighted by Crippen LogP contribution is -2.38. The Morgan fingerprint density at radius 1 is 1.18 bits per heavy atom. The molecule has 0 aromatic rings. The Balaban J connectivity index is 3.63. The van der Waals surface area contributed by atoms with Gasteiger partial charge >= 0.3 is 6.18 Å². The van der Waals surface area contributed by atoms with E-state index in [4.69, 9.17) is 0 Å². The topological polar surface area (TPSA) is 21.3 Å². The first-order valence-corrected chi connectivity index (χ1v) is 7.02. The summed E-state index contributed by atoms with van der Waals surface area (Å²) in [7, 11) is 0. The van der Waals surface area contributed by atoms with Crippen molar-refractivity contribution in [2.24, 2.45) is 0 Å². The van der Waals surface area contributed by atoms with Crippen molar-refractivity contribution < 1.29 is 17.9 Å². The highest BCUT2D eigenvalue weighted by Gasteiger charge is 2.27. The van der Waals surface area contributed by atoms with Crippen LogP contribution in [-0.4, -0.2) is 43.5 Å². The maximum absolute atomic E-state index is 11.8. The zero-order valence-corrected chi connectivity index (χ0v) is 11.5. The minimum absolute atomic E-state index is 0.0946. The van der Waals surface area contributed by atoms with Crippen molar-refractivity contribution in [1.82, 2.24) is 5.32 Å². The summed E-state index contributed by atoms with van der Waals surface area (Å²) in [5.41, 5.74) is 0. The van der Waals surface area contributed by atoms with Gasteiger partial charge in [0.15, 0.2) is 0 Å². The van der Waals surface area contributed by atoms with Gasteiger partial charge in [-0.05, 0) is 19.1 Å². The van der Waals surface area contributed by atoms with Gasteiger partial charge in [-0.3, -0.25) is 0 Å². The number of ether oxygens (including phenoxy) is 1. The smallest absolute Gasteiger partial charge is 0.371 e. The number of rotatable bonds is 9. The van der Waals surface area contributed by atoms with E-state index >= 15 is 0 Å². The number of hydrogen-bond donors (Lipinski definition) is 1. The highest BCUT2D eigenvalue weighted by atomic mass is 32.2. The largest absolute Gasteiger partial charge is 0.411 e. The van der Waals surface area contributed by atoms with E-state index in [9.17, 15) is 13.2 Å². The van der Waals surface area contributed by atoms with Gasteiger partial charge in [-0.15, -0.1) is 0 Å². The molecule has 104 valence electrons. The third-order valence-electron chi connectivity index (χ3n) is 2.86. The van der Waals surface area contributed by atoms with Gasteiger partial charge in [-0.25, -0.2) is 0 Å². The number of alkyl halides is 3. The molecule has 0 heterocycles. The molecule has 0 aliphatic heterocycles. The average Bonchev–Trinajstić information content (AvgIpc) is 2.28. The third-order valence-corrected chi connectivity index (χ3v) is 4.45.